The summed E-state index contributed by atoms with van der Waals surface area (Å²) in [5.41, 5.74) is 0. The zero-order valence-corrected chi connectivity index (χ0v) is 12.7. The molecule has 0 aliphatic heterocycles. The molecule has 0 heterocycles. The summed E-state index contributed by atoms with van der Waals surface area (Å²) in [6.07, 6.45) is 7.10. The Morgan fingerprint density at radius 1 is 1.06 bits per heavy atom. The average molecular weight is 263 g/mol. The van der Waals surface area contributed by atoms with Crippen LogP contribution in [0.2, 0.25) is 3.72 Å². The molecule has 0 atom stereocenters. The molecule has 3 nitrogen and oxygen atoms in total. The van der Waals surface area contributed by atoms with Gasteiger partial charge in [-0.3, -0.25) is 0 Å². The fourth-order valence-electron chi connectivity index (χ4n) is 2.81. The van der Waals surface area contributed by atoms with Crippen LogP contribution in [0.15, 0.2) is 22.1 Å². The second kappa shape index (κ2) is 4.39. The maximum absolute atomic E-state index is 5.91. The Kier molecular flexibility index (Phi) is 3.88. The van der Waals surface area contributed by atoms with Gasteiger partial charge in [0.25, 0.3) is 0 Å². The Morgan fingerprint density at radius 2 is 1.56 bits per heavy atom. The van der Waals surface area contributed by atoms with Gasteiger partial charge in [-0.1, -0.05) is 0 Å². The van der Waals surface area contributed by atoms with Crippen molar-refractivity contribution in [2.75, 3.05) is 21.3 Å². The molecular formula is C12H23O3Ti. The summed E-state index contributed by atoms with van der Waals surface area (Å²) in [4.78, 5) is 0. The molecule has 0 saturated carbocycles. The Hall–Kier alpha value is 0.0743. The van der Waals surface area contributed by atoms with Gasteiger partial charge in [-0.2, -0.15) is 0 Å². The number of hydrogen-bond donors (Lipinski definition) is 0. The van der Waals surface area contributed by atoms with E-state index in [0.29, 0.717) is 0 Å². The zero-order valence-electron chi connectivity index (χ0n) is 11.2. The quantitative estimate of drug-likeness (QED) is 0.727. The van der Waals surface area contributed by atoms with Gasteiger partial charge in [0.05, 0.1) is 0 Å². The van der Waals surface area contributed by atoms with E-state index in [0.717, 1.165) is 6.42 Å². The second-order valence-electron chi connectivity index (χ2n) is 5.17. The summed E-state index contributed by atoms with van der Waals surface area (Å²) in [5.74, 6) is 0. The number of allylic oxidation sites excluding steroid dienone is 4. The molecule has 0 N–H and O–H groups in total. The third kappa shape index (κ3) is 1.58. The first kappa shape index (κ1) is 14.1. The normalized spacial score (nSPS) is 19.4. The van der Waals surface area contributed by atoms with Crippen LogP contribution in [0.1, 0.15) is 27.2 Å². The predicted octanol–water partition coefficient (Wildman–Crippen LogP) is 3.42. The van der Waals surface area contributed by atoms with Crippen LogP contribution in [-0.2, 0) is 26.4 Å². The Bertz CT molecular complexity index is 311. The maximum atomic E-state index is 5.91. The first-order valence-corrected chi connectivity index (χ1v) is 9.03. The molecule has 4 heteroatoms. The Balaban J connectivity index is 3.41. The van der Waals surface area contributed by atoms with Gasteiger partial charge < -0.3 is 0 Å². The summed E-state index contributed by atoms with van der Waals surface area (Å²) < 4.78 is 18.8. The molecule has 0 fully saturated rings. The summed E-state index contributed by atoms with van der Waals surface area (Å²) >= 11 is -4.02. The first-order chi connectivity index (χ1) is 7.37. The topological polar surface area (TPSA) is 27.7 Å². The summed E-state index contributed by atoms with van der Waals surface area (Å²) in [6, 6.07) is 0. The van der Waals surface area contributed by atoms with Crippen molar-refractivity contribution in [2.45, 2.75) is 30.9 Å². The molecule has 0 amide bonds. The van der Waals surface area contributed by atoms with Gasteiger partial charge in [0, 0.05) is 0 Å². The van der Waals surface area contributed by atoms with Crippen molar-refractivity contribution >= 4 is 0 Å². The molecule has 0 spiro atoms. The molecule has 0 radical (unpaired) electrons. The third-order valence-electron chi connectivity index (χ3n) is 3.73. The SMILES string of the molecule is C[O][Ti]([O]C)([O]C)([C]1=CC=CC1)[C](C)(C)C. The van der Waals surface area contributed by atoms with Gasteiger partial charge in [-0.15, -0.1) is 0 Å². The summed E-state index contributed by atoms with van der Waals surface area (Å²) in [7, 11) is 5.11. The van der Waals surface area contributed by atoms with Crippen molar-refractivity contribution in [1.29, 1.82) is 0 Å². The fourth-order valence-corrected chi connectivity index (χ4v) is 10.5. The number of hydrogen-bond acceptors (Lipinski definition) is 3. The Labute approximate surface area is 101 Å². The predicted molar refractivity (Wildman–Crippen MR) is 62.6 cm³/mol. The molecule has 93 valence electrons. The monoisotopic (exact) mass is 263 g/mol. The standard InChI is InChI=1S/C5H5.C4H9.3CH3O.Ti/c1-2-4-5-3-1;1-4(2)3;3*1-2;/h1-3H,4H2;1-3H3;3*1H3;/q;;3*-1;+3. The van der Waals surface area contributed by atoms with Crippen LogP contribution in [0.25, 0.3) is 0 Å². The van der Waals surface area contributed by atoms with E-state index in [2.05, 4.69) is 32.9 Å². The third-order valence-corrected chi connectivity index (χ3v) is 13.6. The summed E-state index contributed by atoms with van der Waals surface area (Å²) in [5, 5.41) is 0. The van der Waals surface area contributed by atoms with Crippen LogP contribution >= 0.6 is 0 Å². The average Bonchev–Trinajstić information content (AvgIpc) is 2.74. The summed E-state index contributed by atoms with van der Waals surface area (Å²) in [6.45, 7) is 6.37. The zero-order chi connectivity index (χ0) is 12.5. The van der Waals surface area contributed by atoms with Gasteiger partial charge in [-0.25, -0.2) is 0 Å². The van der Waals surface area contributed by atoms with Crippen molar-refractivity contribution in [3.8, 4) is 0 Å². The van der Waals surface area contributed by atoms with Crippen LogP contribution in [0.5, 0.6) is 0 Å². The minimum atomic E-state index is -4.02. The van der Waals surface area contributed by atoms with E-state index >= 15 is 0 Å². The van der Waals surface area contributed by atoms with Crippen molar-refractivity contribution in [3.05, 3.63) is 22.1 Å². The van der Waals surface area contributed by atoms with Crippen molar-refractivity contribution in [2.24, 2.45) is 0 Å². The van der Waals surface area contributed by atoms with Crippen molar-refractivity contribution < 1.29 is 26.4 Å². The van der Waals surface area contributed by atoms with E-state index in [1.54, 1.807) is 21.3 Å². The van der Waals surface area contributed by atoms with Crippen LogP contribution in [0, 0.1) is 0 Å². The molecule has 0 bridgehead atoms. The molecule has 0 aromatic rings. The van der Waals surface area contributed by atoms with E-state index < -0.39 is 16.5 Å². The van der Waals surface area contributed by atoms with Gasteiger partial charge in [0.1, 0.15) is 0 Å². The molecule has 1 rings (SSSR count). The van der Waals surface area contributed by atoms with E-state index in [-0.39, 0.29) is 3.72 Å². The fraction of sp³-hybridized carbons (Fsp3) is 0.667. The molecule has 0 unspecified atom stereocenters. The minimum absolute atomic E-state index is 0.159. The van der Waals surface area contributed by atoms with Crippen LogP contribution in [-0.4, -0.2) is 21.3 Å². The molecular weight excluding hydrogens is 240 g/mol. The second-order valence-corrected chi connectivity index (χ2v) is 13.5. The molecule has 1 aliphatic carbocycles. The van der Waals surface area contributed by atoms with Gasteiger partial charge in [-0.05, 0) is 0 Å². The molecule has 0 aromatic heterocycles. The van der Waals surface area contributed by atoms with E-state index in [1.165, 1.54) is 3.88 Å². The van der Waals surface area contributed by atoms with E-state index in [9.17, 15) is 0 Å². The Morgan fingerprint density at radius 3 is 1.81 bits per heavy atom. The van der Waals surface area contributed by atoms with Gasteiger partial charge >= 0.3 is 101 Å². The molecule has 1 aliphatic rings. The van der Waals surface area contributed by atoms with Crippen LogP contribution in [0.4, 0.5) is 0 Å². The number of rotatable bonds is 4. The molecule has 0 aromatic carbocycles. The van der Waals surface area contributed by atoms with E-state index in [4.69, 9.17) is 9.96 Å². The van der Waals surface area contributed by atoms with Crippen molar-refractivity contribution in [1.82, 2.24) is 0 Å². The van der Waals surface area contributed by atoms with E-state index in [1.807, 2.05) is 6.08 Å². The van der Waals surface area contributed by atoms with Gasteiger partial charge in [0.15, 0.2) is 0 Å². The van der Waals surface area contributed by atoms with Crippen molar-refractivity contribution in [3.63, 3.8) is 0 Å². The van der Waals surface area contributed by atoms with Gasteiger partial charge in [0.2, 0.25) is 0 Å². The molecule has 16 heavy (non-hydrogen) atoms. The molecule has 0 saturated heterocycles. The first-order valence-electron chi connectivity index (χ1n) is 5.55. The van der Waals surface area contributed by atoms with Crippen LogP contribution in [0.3, 0.4) is 0 Å². The van der Waals surface area contributed by atoms with Crippen LogP contribution < -0.4 is 0 Å².